The number of amides is 1. The summed E-state index contributed by atoms with van der Waals surface area (Å²) in [6.07, 6.45) is 0. The van der Waals surface area contributed by atoms with Crippen LogP contribution in [-0.4, -0.2) is 75.5 Å². The average molecular weight is 494 g/mol. The summed E-state index contributed by atoms with van der Waals surface area (Å²) in [5.74, 6) is -0.144. The van der Waals surface area contributed by atoms with Gasteiger partial charge in [-0.25, -0.2) is 16.8 Å². The molecular weight excluding hydrogens is 462 g/mol. The van der Waals surface area contributed by atoms with Crippen LogP contribution in [0, 0.1) is 13.8 Å². The fraction of sp³-hybridized carbons (Fsp3) is 0.435. The van der Waals surface area contributed by atoms with Gasteiger partial charge in [-0.15, -0.1) is 0 Å². The Morgan fingerprint density at radius 3 is 1.82 bits per heavy atom. The van der Waals surface area contributed by atoms with Crippen molar-refractivity contribution in [2.45, 2.75) is 37.5 Å². The van der Waals surface area contributed by atoms with Crippen molar-refractivity contribution in [3.8, 4) is 0 Å². The molecule has 1 fully saturated rings. The number of hydrogen-bond acceptors (Lipinski definition) is 5. The first kappa shape index (κ1) is 25.4. The Labute approximate surface area is 196 Å². The second kappa shape index (κ2) is 9.92. The molecule has 0 unspecified atom stereocenters. The second-order valence-corrected chi connectivity index (χ2v) is 11.9. The maximum atomic E-state index is 13.1. The molecule has 0 aromatic heterocycles. The number of piperazine rings is 1. The van der Waals surface area contributed by atoms with Crippen LogP contribution in [0.1, 0.15) is 35.3 Å². The van der Waals surface area contributed by atoms with Crippen LogP contribution < -0.4 is 0 Å². The molecule has 1 heterocycles. The van der Waals surface area contributed by atoms with E-state index in [1.54, 1.807) is 24.0 Å². The van der Waals surface area contributed by atoms with Crippen LogP contribution in [-0.2, 0) is 20.0 Å². The molecule has 0 bridgehead atoms. The van der Waals surface area contributed by atoms with Crippen molar-refractivity contribution in [3.63, 3.8) is 0 Å². The summed E-state index contributed by atoms with van der Waals surface area (Å²) in [7, 11) is -7.50. The summed E-state index contributed by atoms with van der Waals surface area (Å²) >= 11 is 0. The molecule has 180 valence electrons. The Morgan fingerprint density at radius 2 is 1.33 bits per heavy atom. The van der Waals surface area contributed by atoms with Crippen molar-refractivity contribution >= 4 is 26.0 Å². The largest absolute Gasteiger partial charge is 0.339 e. The molecule has 0 spiro atoms. The fourth-order valence-corrected chi connectivity index (χ4v) is 7.04. The lowest BCUT2D eigenvalue weighted by atomic mass is 10.2. The van der Waals surface area contributed by atoms with E-state index in [0.29, 0.717) is 24.2 Å². The molecule has 3 rings (SSSR count). The van der Waals surface area contributed by atoms with Crippen LogP contribution in [0.4, 0.5) is 0 Å². The van der Waals surface area contributed by atoms with E-state index in [-0.39, 0.29) is 41.9 Å². The molecule has 8 nitrogen and oxygen atoms in total. The van der Waals surface area contributed by atoms with Crippen molar-refractivity contribution in [2.75, 3.05) is 39.3 Å². The zero-order valence-corrected chi connectivity index (χ0v) is 21.1. The number of sulfonamides is 2. The van der Waals surface area contributed by atoms with Crippen LogP contribution in [0.3, 0.4) is 0 Å². The third-order valence-corrected chi connectivity index (χ3v) is 9.91. The molecule has 0 aliphatic carbocycles. The van der Waals surface area contributed by atoms with Gasteiger partial charge in [-0.3, -0.25) is 4.79 Å². The molecule has 0 atom stereocenters. The minimum atomic E-state index is -3.80. The fourth-order valence-electron chi connectivity index (χ4n) is 3.99. The number of carbonyl (C=O) groups is 1. The smallest absolute Gasteiger partial charge is 0.253 e. The van der Waals surface area contributed by atoms with E-state index in [1.807, 2.05) is 26.8 Å². The molecule has 33 heavy (non-hydrogen) atoms. The average Bonchev–Trinajstić information content (AvgIpc) is 2.79. The van der Waals surface area contributed by atoms with Gasteiger partial charge in [-0.2, -0.15) is 8.61 Å². The number of nitrogens with zero attached hydrogens (tertiary/aromatic N) is 3. The van der Waals surface area contributed by atoms with Crippen molar-refractivity contribution in [1.29, 1.82) is 0 Å². The van der Waals surface area contributed by atoms with Crippen molar-refractivity contribution in [2.24, 2.45) is 0 Å². The first-order chi connectivity index (χ1) is 15.5. The summed E-state index contributed by atoms with van der Waals surface area (Å²) in [5, 5.41) is 0. The summed E-state index contributed by atoms with van der Waals surface area (Å²) in [4.78, 5) is 14.5. The normalized spacial score (nSPS) is 16.0. The molecule has 10 heteroatoms. The Morgan fingerprint density at radius 1 is 0.818 bits per heavy atom. The molecule has 0 radical (unpaired) electrons. The first-order valence-corrected chi connectivity index (χ1v) is 13.9. The Balaban J connectivity index is 1.73. The van der Waals surface area contributed by atoms with Crippen molar-refractivity contribution < 1.29 is 21.6 Å². The molecule has 1 amide bonds. The van der Waals surface area contributed by atoms with Crippen molar-refractivity contribution in [3.05, 3.63) is 59.2 Å². The molecule has 0 N–H and O–H groups in total. The van der Waals surface area contributed by atoms with Gasteiger partial charge in [0.1, 0.15) is 0 Å². The molecule has 2 aromatic carbocycles. The predicted molar refractivity (Wildman–Crippen MR) is 127 cm³/mol. The van der Waals surface area contributed by atoms with E-state index >= 15 is 0 Å². The van der Waals surface area contributed by atoms with Crippen LogP contribution in [0.25, 0.3) is 0 Å². The third kappa shape index (κ3) is 5.13. The van der Waals surface area contributed by atoms with Gasteiger partial charge in [0.2, 0.25) is 20.0 Å². The van der Waals surface area contributed by atoms with Gasteiger partial charge < -0.3 is 4.90 Å². The highest BCUT2D eigenvalue weighted by molar-refractivity contribution is 7.89. The van der Waals surface area contributed by atoms with Gasteiger partial charge in [0.25, 0.3) is 5.91 Å². The van der Waals surface area contributed by atoms with Gasteiger partial charge in [0.15, 0.2) is 0 Å². The third-order valence-electron chi connectivity index (χ3n) is 5.94. The Kier molecular flexibility index (Phi) is 7.62. The Bertz CT molecular complexity index is 1210. The number of rotatable bonds is 7. The molecule has 2 aromatic rings. The van der Waals surface area contributed by atoms with Gasteiger partial charge >= 0.3 is 0 Å². The van der Waals surface area contributed by atoms with Crippen LogP contribution in [0.5, 0.6) is 0 Å². The van der Waals surface area contributed by atoms with E-state index in [2.05, 4.69) is 0 Å². The lowest BCUT2D eigenvalue weighted by Crippen LogP contribution is -2.50. The molecule has 1 aliphatic heterocycles. The quantitative estimate of drug-likeness (QED) is 0.591. The number of benzene rings is 2. The standard InChI is InChI=1S/C23H31N3O5S2/c1-5-24(6-2)23(27)20-8-10-21(11-9-20)32(28,29)25-13-15-26(16-14-25)33(30,31)22-12-7-18(3)17-19(22)4/h7-12,17H,5-6,13-16H2,1-4H3. The van der Waals surface area contributed by atoms with Gasteiger partial charge in [-0.1, -0.05) is 17.7 Å². The minimum Gasteiger partial charge on any atom is -0.339 e. The summed E-state index contributed by atoms with van der Waals surface area (Å²) in [5.41, 5.74) is 2.08. The van der Waals surface area contributed by atoms with Crippen molar-refractivity contribution in [1.82, 2.24) is 13.5 Å². The molecule has 1 saturated heterocycles. The van der Waals surface area contributed by atoms with E-state index in [9.17, 15) is 21.6 Å². The zero-order chi connectivity index (χ0) is 24.4. The molecule has 0 saturated carbocycles. The molecular formula is C23H31N3O5S2. The summed E-state index contributed by atoms with van der Waals surface area (Å²) in [6.45, 7) is 8.87. The summed E-state index contributed by atoms with van der Waals surface area (Å²) in [6, 6.07) is 11.1. The van der Waals surface area contributed by atoms with Gasteiger partial charge in [-0.05, 0) is 63.6 Å². The lowest BCUT2D eigenvalue weighted by Gasteiger charge is -2.33. The topological polar surface area (TPSA) is 95.1 Å². The minimum absolute atomic E-state index is 0.0621. The second-order valence-electron chi connectivity index (χ2n) is 8.08. The monoisotopic (exact) mass is 493 g/mol. The van der Waals surface area contributed by atoms with Gasteiger partial charge in [0, 0.05) is 44.8 Å². The lowest BCUT2D eigenvalue weighted by molar-refractivity contribution is 0.0773. The van der Waals surface area contributed by atoms with Crippen LogP contribution in [0.15, 0.2) is 52.3 Å². The molecule has 1 aliphatic rings. The highest BCUT2D eigenvalue weighted by Crippen LogP contribution is 2.24. The first-order valence-electron chi connectivity index (χ1n) is 11.0. The van der Waals surface area contributed by atoms with Crippen LogP contribution >= 0.6 is 0 Å². The van der Waals surface area contributed by atoms with E-state index in [0.717, 1.165) is 5.56 Å². The maximum Gasteiger partial charge on any atom is 0.253 e. The van der Waals surface area contributed by atoms with Gasteiger partial charge in [0.05, 0.1) is 9.79 Å². The SMILES string of the molecule is CCN(CC)C(=O)c1ccc(S(=O)(=O)N2CCN(S(=O)(=O)c3ccc(C)cc3C)CC2)cc1. The number of aryl methyl sites for hydroxylation is 2. The maximum absolute atomic E-state index is 13.1. The van der Waals surface area contributed by atoms with E-state index < -0.39 is 20.0 Å². The number of hydrogen-bond donors (Lipinski definition) is 0. The predicted octanol–water partition coefficient (Wildman–Crippen LogP) is 2.48. The highest BCUT2D eigenvalue weighted by Gasteiger charge is 2.34. The highest BCUT2D eigenvalue weighted by atomic mass is 32.2. The number of carbonyl (C=O) groups excluding carboxylic acids is 1. The van der Waals surface area contributed by atoms with E-state index in [4.69, 9.17) is 0 Å². The van der Waals surface area contributed by atoms with E-state index in [1.165, 1.54) is 32.9 Å². The van der Waals surface area contributed by atoms with Crippen LogP contribution in [0.2, 0.25) is 0 Å². The Hall–Kier alpha value is -2.27. The summed E-state index contributed by atoms with van der Waals surface area (Å²) < 4.78 is 55.0. The zero-order valence-electron chi connectivity index (χ0n) is 19.5.